The number of ether oxygens (including phenoxy) is 1. The van der Waals surface area contributed by atoms with Gasteiger partial charge < -0.3 is 10.1 Å². The molecule has 0 aliphatic rings. The van der Waals surface area contributed by atoms with Gasteiger partial charge >= 0.3 is 6.09 Å². The largest absolute Gasteiger partial charge is 0.448 e. The Morgan fingerprint density at radius 1 is 1.04 bits per heavy atom. The number of alkyl carbamates (subject to hydrolysis) is 1. The molecule has 0 saturated carbocycles. The molecule has 0 spiro atoms. The average molecular weight is 330 g/mol. The Kier molecular flexibility index (Phi) is 17.3. The summed E-state index contributed by atoms with van der Waals surface area (Å²) in [5.74, 6) is -0.242. The Balaban J connectivity index is 0. The summed E-state index contributed by atoms with van der Waals surface area (Å²) in [6, 6.07) is 0. The number of carbonyl (C=O) groups is 3. The van der Waals surface area contributed by atoms with Gasteiger partial charge in [-0.15, -0.1) is 0 Å². The summed E-state index contributed by atoms with van der Waals surface area (Å²) in [5.41, 5.74) is 0. The summed E-state index contributed by atoms with van der Waals surface area (Å²) in [7, 11) is 0. The van der Waals surface area contributed by atoms with Crippen LogP contribution < -0.4 is 5.32 Å². The molecule has 0 heterocycles. The second-order valence-corrected chi connectivity index (χ2v) is 5.27. The van der Waals surface area contributed by atoms with Crippen molar-refractivity contribution in [1.29, 1.82) is 0 Å². The second kappa shape index (κ2) is 16.8. The molecule has 23 heavy (non-hydrogen) atoms. The Morgan fingerprint density at radius 2 is 1.70 bits per heavy atom. The van der Waals surface area contributed by atoms with Gasteiger partial charge in [-0.2, -0.15) is 0 Å². The maximum atomic E-state index is 11.5. The first kappa shape index (κ1) is 23.7. The van der Waals surface area contributed by atoms with Gasteiger partial charge in [0.15, 0.2) is 0 Å². The van der Waals surface area contributed by atoms with E-state index in [2.05, 4.69) is 12.2 Å². The van der Waals surface area contributed by atoms with Gasteiger partial charge in [0.1, 0.15) is 6.61 Å². The zero-order valence-electron chi connectivity index (χ0n) is 13.9. The molecule has 0 atom stereocenters. The number of imide groups is 1. The molecule has 0 saturated heterocycles. The average Bonchev–Trinajstić information content (AvgIpc) is 2.51. The zero-order valence-corrected chi connectivity index (χ0v) is 13.9. The number of rotatable bonds is 13. The molecule has 136 valence electrons. The van der Waals surface area contributed by atoms with Gasteiger partial charge in [0, 0.05) is 13.0 Å². The smallest absolute Gasteiger partial charge is 0.407 e. The van der Waals surface area contributed by atoms with E-state index in [1.807, 2.05) is 6.92 Å². The van der Waals surface area contributed by atoms with Gasteiger partial charge in [0.05, 0.1) is 6.54 Å². The Hall–Kier alpha value is -1.59. The van der Waals surface area contributed by atoms with Crippen LogP contribution in [0.4, 0.5) is 4.79 Å². The van der Waals surface area contributed by atoms with Gasteiger partial charge in [-0.1, -0.05) is 53.4 Å². The van der Waals surface area contributed by atoms with E-state index >= 15 is 0 Å². The fraction of sp³-hybridized carbons (Fsp3) is 0.824. The van der Waals surface area contributed by atoms with E-state index in [1.165, 1.54) is 25.7 Å². The highest BCUT2D eigenvalue weighted by Gasteiger charge is 2.11. The monoisotopic (exact) mass is 330 g/mol. The number of hydrogen-bond acceptors (Lipinski definition) is 4. The van der Waals surface area contributed by atoms with Crippen LogP contribution in [0.5, 0.6) is 0 Å². The van der Waals surface area contributed by atoms with Gasteiger partial charge in [-0.3, -0.25) is 14.5 Å². The summed E-state index contributed by atoms with van der Waals surface area (Å²) in [6.45, 7) is 4.77. The van der Waals surface area contributed by atoms with Crippen molar-refractivity contribution >= 4 is 18.4 Å². The van der Waals surface area contributed by atoms with E-state index in [0.717, 1.165) is 17.7 Å². The highest BCUT2D eigenvalue weighted by Crippen LogP contribution is 2.04. The van der Waals surface area contributed by atoms with Crippen LogP contribution in [-0.2, 0) is 14.3 Å². The first-order valence-electron chi connectivity index (χ1n) is 8.31. The molecule has 0 aromatic heterocycles. The van der Waals surface area contributed by atoms with Crippen LogP contribution in [-0.4, -0.2) is 43.0 Å². The molecule has 0 bridgehead atoms. The topological polar surface area (TPSA) is 75.7 Å². The predicted molar refractivity (Wildman–Crippen MR) is 92.1 cm³/mol. The first-order valence-corrected chi connectivity index (χ1v) is 8.31. The van der Waals surface area contributed by atoms with Crippen molar-refractivity contribution in [3.63, 3.8) is 0 Å². The number of hydrogen-bond donors (Lipinski definition) is 1. The Labute approximate surface area is 140 Å². The molecule has 0 unspecified atom stereocenters. The van der Waals surface area contributed by atoms with Crippen molar-refractivity contribution in [2.45, 2.75) is 72.6 Å². The predicted octanol–water partition coefficient (Wildman–Crippen LogP) is 3.49. The third kappa shape index (κ3) is 13.8. The lowest BCUT2D eigenvalue weighted by Gasteiger charge is -2.15. The lowest BCUT2D eigenvalue weighted by atomic mass is 10.1. The molecular formula is C17H34N2O4. The number of carbonyl (C=O) groups excluding carboxylic acids is 3. The van der Waals surface area contributed by atoms with Gasteiger partial charge in [0.2, 0.25) is 12.3 Å². The molecule has 0 aliphatic heterocycles. The number of nitrogens with one attached hydrogen (secondary N) is 1. The van der Waals surface area contributed by atoms with Gasteiger partial charge in [-0.05, 0) is 12.8 Å². The third-order valence-corrected chi connectivity index (χ3v) is 3.28. The van der Waals surface area contributed by atoms with E-state index in [9.17, 15) is 14.4 Å². The van der Waals surface area contributed by atoms with E-state index in [-0.39, 0.29) is 26.5 Å². The standard InChI is InChI=1S/C16H30N2O4.CH4/c1-3-5-6-7-8-9-11-17-16(21)22-13-12-18(14-19)15(20)10-4-2;/h14H,3-13H2,1-2H3,(H,17,21);1H4. The Morgan fingerprint density at radius 3 is 2.30 bits per heavy atom. The van der Waals surface area contributed by atoms with Gasteiger partial charge in [-0.25, -0.2) is 4.79 Å². The van der Waals surface area contributed by atoms with Crippen LogP contribution in [0.3, 0.4) is 0 Å². The minimum atomic E-state index is -0.498. The summed E-state index contributed by atoms with van der Waals surface area (Å²) in [5, 5.41) is 2.67. The molecule has 0 aromatic rings. The summed E-state index contributed by atoms with van der Waals surface area (Å²) < 4.78 is 4.94. The number of amides is 3. The number of unbranched alkanes of at least 4 members (excludes halogenated alkanes) is 5. The van der Waals surface area contributed by atoms with Crippen LogP contribution in [0.1, 0.15) is 72.6 Å². The van der Waals surface area contributed by atoms with Crippen molar-refractivity contribution in [3.05, 3.63) is 0 Å². The van der Waals surface area contributed by atoms with Crippen LogP contribution in [0.2, 0.25) is 0 Å². The minimum absolute atomic E-state index is 0. The van der Waals surface area contributed by atoms with Gasteiger partial charge in [0.25, 0.3) is 0 Å². The van der Waals surface area contributed by atoms with Crippen LogP contribution in [0, 0.1) is 0 Å². The minimum Gasteiger partial charge on any atom is -0.448 e. The first-order chi connectivity index (χ1) is 10.7. The van der Waals surface area contributed by atoms with E-state index < -0.39 is 6.09 Å². The second-order valence-electron chi connectivity index (χ2n) is 5.27. The van der Waals surface area contributed by atoms with Crippen molar-refractivity contribution < 1.29 is 19.1 Å². The van der Waals surface area contributed by atoms with E-state index in [4.69, 9.17) is 4.74 Å². The van der Waals surface area contributed by atoms with Crippen molar-refractivity contribution in [2.75, 3.05) is 19.7 Å². The fourth-order valence-electron chi connectivity index (χ4n) is 1.98. The molecule has 1 N–H and O–H groups in total. The van der Waals surface area contributed by atoms with Crippen LogP contribution >= 0.6 is 0 Å². The van der Waals surface area contributed by atoms with E-state index in [1.54, 1.807) is 0 Å². The highest BCUT2D eigenvalue weighted by molar-refractivity contribution is 5.86. The molecule has 0 aliphatic carbocycles. The lowest BCUT2D eigenvalue weighted by Crippen LogP contribution is -2.34. The lowest BCUT2D eigenvalue weighted by molar-refractivity contribution is -0.138. The highest BCUT2D eigenvalue weighted by atomic mass is 16.5. The molecule has 6 heteroatoms. The third-order valence-electron chi connectivity index (χ3n) is 3.28. The maximum Gasteiger partial charge on any atom is 0.407 e. The normalized spacial score (nSPS) is 9.65. The molecule has 0 radical (unpaired) electrons. The van der Waals surface area contributed by atoms with E-state index in [0.29, 0.717) is 25.8 Å². The molecular weight excluding hydrogens is 296 g/mol. The quantitative estimate of drug-likeness (QED) is 0.414. The maximum absolute atomic E-state index is 11.5. The molecule has 3 amide bonds. The van der Waals surface area contributed by atoms with Crippen LogP contribution in [0.15, 0.2) is 0 Å². The van der Waals surface area contributed by atoms with Crippen LogP contribution in [0.25, 0.3) is 0 Å². The summed E-state index contributed by atoms with van der Waals surface area (Å²) in [4.78, 5) is 34.7. The summed E-state index contributed by atoms with van der Waals surface area (Å²) >= 11 is 0. The summed E-state index contributed by atoms with van der Waals surface area (Å²) in [6.07, 6.45) is 7.96. The molecule has 0 rings (SSSR count). The molecule has 6 nitrogen and oxygen atoms in total. The Bertz CT molecular complexity index is 322. The SMILES string of the molecule is C.CCCCCCCCNC(=O)OCCN(C=O)C(=O)CCC. The van der Waals surface area contributed by atoms with Crippen molar-refractivity contribution in [2.24, 2.45) is 0 Å². The molecule has 0 fully saturated rings. The number of nitrogens with zero attached hydrogens (tertiary/aromatic N) is 1. The van der Waals surface area contributed by atoms with Crippen molar-refractivity contribution in [1.82, 2.24) is 10.2 Å². The molecule has 0 aromatic carbocycles. The zero-order chi connectivity index (χ0) is 16.6. The fourth-order valence-corrected chi connectivity index (χ4v) is 1.98. The van der Waals surface area contributed by atoms with Crippen molar-refractivity contribution in [3.8, 4) is 0 Å².